The van der Waals surface area contributed by atoms with Crippen LogP contribution in [0.3, 0.4) is 0 Å². The van der Waals surface area contributed by atoms with Crippen molar-refractivity contribution >= 4 is 0 Å². The molecule has 1 aromatic carbocycles. The Bertz CT molecular complexity index is 449. The van der Waals surface area contributed by atoms with Crippen molar-refractivity contribution in [3.8, 4) is 5.75 Å². The smallest absolute Gasteiger partial charge is 0.120 e. The van der Waals surface area contributed by atoms with Gasteiger partial charge in [-0.05, 0) is 49.5 Å². The van der Waals surface area contributed by atoms with Crippen molar-refractivity contribution in [1.29, 1.82) is 0 Å². The summed E-state index contributed by atoms with van der Waals surface area (Å²) < 4.78 is 5.83. The van der Waals surface area contributed by atoms with Crippen LogP contribution in [-0.4, -0.2) is 18.7 Å². The molecule has 2 nitrogen and oxygen atoms in total. The van der Waals surface area contributed by atoms with Gasteiger partial charge in [-0.1, -0.05) is 39.5 Å². The fraction of sp³-hybridized carbons (Fsp3) is 0.556. The Morgan fingerprint density at radius 1 is 1.15 bits per heavy atom. The molecule has 112 valence electrons. The highest BCUT2D eigenvalue weighted by Crippen LogP contribution is 2.25. The van der Waals surface area contributed by atoms with Gasteiger partial charge in [-0.25, -0.2) is 0 Å². The van der Waals surface area contributed by atoms with Crippen molar-refractivity contribution in [1.82, 2.24) is 5.32 Å². The summed E-state index contributed by atoms with van der Waals surface area (Å²) in [7, 11) is 0. The highest BCUT2D eigenvalue weighted by atomic mass is 16.5. The first-order chi connectivity index (χ1) is 9.08. The van der Waals surface area contributed by atoms with Crippen LogP contribution in [0.25, 0.3) is 0 Å². The number of benzene rings is 1. The van der Waals surface area contributed by atoms with E-state index in [4.69, 9.17) is 4.74 Å². The maximum Gasteiger partial charge on any atom is 0.120 e. The summed E-state index contributed by atoms with van der Waals surface area (Å²) in [6, 6.07) is 8.30. The molecule has 0 aliphatic heterocycles. The van der Waals surface area contributed by atoms with E-state index in [1.54, 1.807) is 0 Å². The second-order valence-electron chi connectivity index (χ2n) is 7.42. The number of hydrogen-bond acceptors (Lipinski definition) is 2. The Morgan fingerprint density at radius 3 is 2.35 bits per heavy atom. The number of hydrogen-bond donors (Lipinski definition) is 1. The minimum atomic E-state index is 0.106. The van der Waals surface area contributed by atoms with E-state index >= 15 is 0 Å². The van der Waals surface area contributed by atoms with Gasteiger partial charge in [0.2, 0.25) is 0 Å². The quantitative estimate of drug-likeness (QED) is 0.809. The largest absolute Gasteiger partial charge is 0.489 e. The predicted molar refractivity (Wildman–Crippen MR) is 87.5 cm³/mol. The summed E-state index contributed by atoms with van der Waals surface area (Å²) in [5, 5.41) is 3.41. The van der Waals surface area contributed by atoms with Gasteiger partial charge in [0.05, 0.1) is 0 Å². The van der Waals surface area contributed by atoms with Crippen LogP contribution >= 0.6 is 0 Å². The molecule has 0 radical (unpaired) electrons. The van der Waals surface area contributed by atoms with Gasteiger partial charge in [-0.2, -0.15) is 0 Å². The molecule has 0 bridgehead atoms. The SMILES string of the molecule is C=C(CNC(C)(C)C)COc1cccc(C(C)(C)C)c1. The molecule has 0 spiro atoms. The second-order valence-corrected chi connectivity index (χ2v) is 7.42. The molecular weight excluding hydrogens is 246 g/mol. The summed E-state index contributed by atoms with van der Waals surface area (Å²) in [6.07, 6.45) is 0. The van der Waals surface area contributed by atoms with E-state index < -0.39 is 0 Å². The van der Waals surface area contributed by atoms with Crippen LogP contribution in [0.4, 0.5) is 0 Å². The Hall–Kier alpha value is -1.28. The molecule has 1 aromatic rings. The maximum atomic E-state index is 5.83. The van der Waals surface area contributed by atoms with Gasteiger partial charge >= 0.3 is 0 Å². The lowest BCUT2D eigenvalue weighted by atomic mass is 9.87. The summed E-state index contributed by atoms with van der Waals surface area (Å²) in [4.78, 5) is 0. The molecule has 0 fully saturated rings. The molecule has 0 aliphatic rings. The van der Waals surface area contributed by atoms with Gasteiger partial charge in [-0.3, -0.25) is 0 Å². The van der Waals surface area contributed by atoms with Gasteiger partial charge in [0.15, 0.2) is 0 Å². The van der Waals surface area contributed by atoms with E-state index in [2.05, 4.69) is 65.6 Å². The molecule has 0 unspecified atom stereocenters. The molecule has 20 heavy (non-hydrogen) atoms. The van der Waals surface area contributed by atoms with Crippen LogP contribution in [0.2, 0.25) is 0 Å². The van der Waals surface area contributed by atoms with Gasteiger partial charge < -0.3 is 10.1 Å². The monoisotopic (exact) mass is 275 g/mol. The van der Waals surface area contributed by atoms with Gasteiger partial charge in [0.25, 0.3) is 0 Å². The fourth-order valence-electron chi connectivity index (χ4n) is 1.68. The summed E-state index contributed by atoms with van der Waals surface area (Å²) in [5.74, 6) is 0.911. The fourth-order valence-corrected chi connectivity index (χ4v) is 1.68. The standard InChI is InChI=1S/C18H29NO/c1-14(12-19-18(5,6)7)13-20-16-10-8-9-15(11-16)17(2,3)4/h8-11,19H,1,12-13H2,2-7H3. The predicted octanol–water partition coefficient (Wildman–Crippen LogP) is 4.31. The topological polar surface area (TPSA) is 21.3 Å². The van der Waals surface area contributed by atoms with Crippen molar-refractivity contribution in [2.75, 3.05) is 13.2 Å². The van der Waals surface area contributed by atoms with Gasteiger partial charge in [0, 0.05) is 12.1 Å². The van der Waals surface area contributed by atoms with E-state index in [9.17, 15) is 0 Å². The number of rotatable bonds is 5. The molecule has 1 rings (SSSR count). The summed E-state index contributed by atoms with van der Waals surface area (Å²) in [6.45, 7) is 18.4. The van der Waals surface area contributed by atoms with E-state index in [1.165, 1.54) is 5.56 Å². The molecule has 0 aromatic heterocycles. The normalized spacial score (nSPS) is 12.3. The summed E-state index contributed by atoms with van der Waals surface area (Å²) in [5.41, 5.74) is 2.59. The maximum absolute atomic E-state index is 5.83. The lowest BCUT2D eigenvalue weighted by molar-refractivity contribution is 0.340. The first-order valence-electron chi connectivity index (χ1n) is 7.23. The average molecular weight is 275 g/mol. The van der Waals surface area contributed by atoms with Crippen molar-refractivity contribution in [2.24, 2.45) is 0 Å². The Balaban J connectivity index is 2.52. The minimum absolute atomic E-state index is 0.106. The third-order valence-electron chi connectivity index (χ3n) is 3.01. The third kappa shape index (κ3) is 6.25. The molecule has 0 amide bonds. The van der Waals surface area contributed by atoms with Crippen molar-refractivity contribution in [3.05, 3.63) is 42.0 Å². The van der Waals surface area contributed by atoms with Gasteiger partial charge in [0.1, 0.15) is 12.4 Å². The lowest BCUT2D eigenvalue weighted by Gasteiger charge is -2.22. The van der Waals surface area contributed by atoms with E-state index in [1.807, 2.05) is 12.1 Å². The van der Waals surface area contributed by atoms with Crippen molar-refractivity contribution < 1.29 is 4.74 Å². The van der Waals surface area contributed by atoms with Gasteiger partial charge in [-0.15, -0.1) is 0 Å². The minimum Gasteiger partial charge on any atom is -0.489 e. The molecule has 0 atom stereocenters. The zero-order valence-electron chi connectivity index (χ0n) is 13.8. The molecule has 0 saturated carbocycles. The highest BCUT2D eigenvalue weighted by Gasteiger charge is 2.14. The Labute approximate surface area is 124 Å². The number of ether oxygens (including phenoxy) is 1. The highest BCUT2D eigenvalue weighted by molar-refractivity contribution is 5.32. The van der Waals surface area contributed by atoms with Crippen LogP contribution in [0.1, 0.15) is 47.1 Å². The molecule has 0 heterocycles. The first kappa shape index (κ1) is 16.8. The number of nitrogens with one attached hydrogen (secondary N) is 1. The second kappa shape index (κ2) is 6.45. The Morgan fingerprint density at radius 2 is 1.80 bits per heavy atom. The van der Waals surface area contributed by atoms with E-state index in [-0.39, 0.29) is 11.0 Å². The first-order valence-corrected chi connectivity index (χ1v) is 7.23. The van der Waals surface area contributed by atoms with E-state index in [0.717, 1.165) is 17.9 Å². The zero-order valence-corrected chi connectivity index (χ0v) is 13.8. The van der Waals surface area contributed by atoms with Crippen LogP contribution < -0.4 is 10.1 Å². The van der Waals surface area contributed by atoms with Crippen molar-refractivity contribution in [2.45, 2.75) is 52.5 Å². The van der Waals surface area contributed by atoms with Crippen LogP contribution in [0.5, 0.6) is 5.75 Å². The molecule has 0 aliphatic carbocycles. The average Bonchev–Trinajstić information content (AvgIpc) is 2.32. The zero-order chi connectivity index (χ0) is 15.4. The molecule has 1 N–H and O–H groups in total. The van der Waals surface area contributed by atoms with E-state index in [0.29, 0.717) is 6.61 Å². The Kier molecular flexibility index (Phi) is 5.41. The lowest BCUT2D eigenvalue weighted by Crippen LogP contribution is -2.37. The molecule has 0 saturated heterocycles. The summed E-state index contributed by atoms with van der Waals surface area (Å²) >= 11 is 0. The van der Waals surface area contributed by atoms with Crippen LogP contribution in [0.15, 0.2) is 36.4 Å². The molecule has 2 heteroatoms. The molecular formula is C18H29NO. The van der Waals surface area contributed by atoms with Crippen LogP contribution in [0, 0.1) is 0 Å². The van der Waals surface area contributed by atoms with Crippen molar-refractivity contribution in [3.63, 3.8) is 0 Å². The third-order valence-corrected chi connectivity index (χ3v) is 3.01. The van der Waals surface area contributed by atoms with Crippen LogP contribution in [-0.2, 0) is 5.41 Å².